The summed E-state index contributed by atoms with van der Waals surface area (Å²) in [5.74, 6) is 0.416. The van der Waals surface area contributed by atoms with Crippen molar-refractivity contribution in [2.24, 2.45) is 0 Å². The number of hydrogen-bond donors (Lipinski definition) is 2. The minimum atomic E-state index is -3.41. The van der Waals surface area contributed by atoms with Crippen molar-refractivity contribution in [3.8, 4) is 5.69 Å². The lowest BCUT2D eigenvalue weighted by atomic mass is 10.3. The highest BCUT2D eigenvalue weighted by Gasteiger charge is 2.12. The fourth-order valence-corrected chi connectivity index (χ4v) is 2.57. The average molecular weight is 266 g/mol. The number of rotatable bonds is 4. The third-order valence-corrected chi connectivity index (χ3v) is 3.92. The van der Waals surface area contributed by atoms with E-state index in [2.05, 4.69) is 9.82 Å². The Labute approximate surface area is 105 Å². The van der Waals surface area contributed by atoms with Gasteiger partial charge in [0.15, 0.2) is 0 Å². The summed E-state index contributed by atoms with van der Waals surface area (Å²) in [6.45, 7) is 2.10. The number of nitrogens with two attached hydrogens (primary N) is 1. The second-order valence-electron chi connectivity index (χ2n) is 3.68. The first kappa shape index (κ1) is 12.6. The van der Waals surface area contributed by atoms with E-state index in [4.69, 9.17) is 5.73 Å². The normalized spacial score (nSPS) is 11.6. The second-order valence-corrected chi connectivity index (χ2v) is 5.45. The van der Waals surface area contributed by atoms with Crippen LogP contribution < -0.4 is 10.5 Å². The first-order valence-electron chi connectivity index (χ1n) is 5.44. The summed E-state index contributed by atoms with van der Waals surface area (Å²) in [6.07, 6.45) is 1.71. The van der Waals surface area contributed by atoms with Gasteiger partial charge in [-0.25, -0.2) is 17.8 Å². The summed E-state index contributed by atoms with van der Waals surface area (Å²) in [4.78, 5) is 0.230. The minimum absolute atomic E-state index is 0.230. The van der Waals surface area contributed by atoms with E-state index in [1.165, 1.54) is 12.1 Å². The van der Waals surface area contributed by atoms with Gasteiger partial charge in [-0.1, -0.05) is 6.92 Å². The molecule has 0 atom stereocenters. The van der Waals surface area contributed by atoms with Crippen LogP contribution in [0.4, 0.5) is 5.82 Å². The maximum atomic E-state index is 11.7. The van der Waals surface area contributed by atoms with Gasteiger partial charge < -0.3 is 5.73 Å². The Morgan fingerprint density at radius 3 is 2.44 bits per heavy atom. The minimum Gasteiger partial charge on any atom is -0.382 e. The van der Waals surface area contributed by atoms with Gasteiger partial charge in [-0.3, -0.25) is 0 Å². The lowest BCUT2D eigenvalue weighted by Gasteiger charge is -2.06. The van der Waals surface area contributed by atoms with Crippen molar-refractivity contribution in [3.05, 3.63) is 36.5 Å². The fourth-order valence-electron chi connectivity index (χ4n) is 1.53. The number of benzene rings is 1. The number of aromatic nitrogens is 2. The van der Waals surface area contributed by atoms with Crippen molar-refractivity contribution >= 4 is 15.8 Å². The van der Waals surface area contributed by atoms with Crippen LogP contribution in [0.2, 0.25) is 0 Å². The lowest BCUT2D eigenvalue weighted by Crippen LogP contribution is -2.23. The molecular formula is C11H14N4O2S. The SMILES string of the molecule is CCNS(=O)(=O)c1ccc(-n2ccc(N)n2)cc1. The van der Waals surface area contributed by atoms with Crippen molar-refractivity contribution in [3.63, 3.8) is 0 Å². The third kappa shape index (κ3) is 2.52. The molecule has 0 spiro atoms. The van der Waals surface area contributed by atoms with E-state index in [9.17, 15) is 8.42 Å². The van der Waals surface area contributed by atoms with E-state index >= 15 is 0 Å². The predicted octanol–water partition coefficient (Wildman–Crippen LogP) is 0.753. The van der Waals surface area contributed by atoms with E-state index in [1.807, 2.05) is 0 Å². The van der Waals surface area contributed by atoms with Gasteiger partial charge in [0.2, 0.25) is 10.0 Å². The summed E-state index contributed by atoms with van der Waals surface area (Å²) < 4.78 is 27.5. The van der Waals surface area contributed by atoms with Crippen molar-refractivity contribution in [2.75, 3.05) is 12.3 Å². The molecule has 3 N–H and O–H groups in total. The summed E-state index contributed by atoms with van der Waals surface area (Å²) in [6, 6.07) is 8.09. The van der Waals surface area contributed by atoms with Crippen LogP contribution in [0.5, 0.6) is 0 Å². The molecule has 1 aromatic heterocycles. The van der Waals surface area contributed by atoms with Crippen molar-refractivity contribution in [2.45, 2.75) is 11.8 Å². The summed E-state index contributed by atoms with van der Waals surface area (Å²) in [7, 11) is -3.41. The zero-order valence-electron chi connectivity index (χ0n) is 9.87. The molecular weight excluding hydrogens is 252 g/mol. The predicted molar refractivity (Wildman–Crippen MR) is 68.8 cm³/mol. The van der Waals surface area contributed by atoms with Crippen LogP contribution in [0.25, 0.3) is 5.69 Å². The van der Waals surface area contributed by atoms with E-state index in [1.54, 1.807) is 36.0 Å². The molecule has 18 heavy (non-hydrogen) atoms. The van der Waals surface area contributed by atoms with Crippen LogP contribution in [0, 0.1) is 0 Å². The molecule has 0 radical (unpaired) electrons. The first-order chi connectivity index (χ1) is 8.53. The zero-order valence-corrected chi connectivity index (χ0v) is 10.7. The number of sulfonamides is 1. The molecule has 0 fully saturated rings. The number of nitrogens with zero attached hydrogens (tertiary/aromatic N) is 2. The van der Waals surface area contributed by atoms with Crippen LogP contribution in [0.15, 0.2) is 41.4 Å². The van der Waals surface area contributed by atoms with Gasteiger partial charge in [-0.15, -0.1) is 0 Å². The summed E-state index contributed by atoms with van der Waals surface area (Å²) in [5, 5.41) is 4.04. The molecule has 1 aromatic carbocycles. The van der Waals surface area contributed by atoms with Crippen LogP contribution in [0.1, 0.15) is 6.92 Å². The molecule has 0 saturated heterocycles. The van der Waals surface area contributed by atoms with E-state index in [0.29, 0.717) is 12.4 Å². The highest BCUT2D eigenvalue weighted by molar-refractivity contribution is 7.89. The molecule has 6 nitrogen and oxygen atoms in total. The summed E-state index contributed by atoms with van der Waals surface area (Å²) in [5.41, 5.74) is 6.27. The number of hydrogen-bond acceptors (Lipinski definition) is 4. The molecule has 0 amide bonds. The smallest absolute Gasteiger partial charge is 0.240 e. The fraction of sp³-hybridized carbons (Fsp3) is 0.182. The van der Waals surface area contributed by atoms with Gasteiger partial charge in [-0.2, -0.15) is 5.10 Å². The monoisotopic (exact) mass is 266 g/mol. The molecule has 0 saturated carbocycles. The maximum absolute atomic E-state index is 11.7. The Balaban J connectivity index is 2.31. The van der Waals surface area contributed by atoms with Crippen molar-refractivity contribution < 1.29 is 8.42 Å². The Morgan fingerprint density at radius 2 is 1.94 bits per heavy atom. The third-order valence-electron chi connectivity index (χ3n) is 2.36. The summed E-state index contributed by atoms with van der Waals surface area (Å²) >= 11 is 0. The van der Waals surface area contributed by atoms with Gasteiger partial charge in [0.05, 0.1) is 10.6 Å². The van der Waals surface area contributed by atoms with E-state index < -0.39 is 10.0 Å². The number of anilines is 1. The molecule has 1 heterocycles. The molecule has 0 aliphatic carbocycles. The lowest BCUT2D eigenvalue weighted by molar-refractivity contribution is 0.584. The molecule has 96 valence electrons. The molecule has 0 aliphatic heterocycles. The zero-order chi connectivity index (χ0) is 13.2. The quantitative estimate of drug-likeness (QED) is 0.854. The van der Waals surface area contributed by atoms with Crippen LogP contribution in [-0.2, 0) is 10.0 Å². The Hall–Kier alpha value is -1.86. The van der Waals surface area contributed by atoms with Crippen molar-refractivity contribution in [1.29, 1.82) is 0 Å². The Morgan fingerprint density at radius 1 is 1.28 bits per heavy atom. The Bertz CT molecular complexity index is 631. The topological polar surface area (TPSA) is 90.0 Å². The van der Waals surface area contributed by atoms with Crippen molar-refractivity contribution in [1.82, 2.24) is 14.5 Å². The maximum Gasteiger partial charge on any atom is 0.240 e. The van der Waals surface area contributed by atoms with E-state index in [0.717, 1.165) is 5.69 Å². The van der Waals surface area contributed by atoms with Gasteiger partial charge in [-0.05, 0) is 24.3 Å². The highest BCUT2D eigenvalue weighted by Crippen LogP contribution is 2.13. The van der Waals surface area contributed by atoms with Gasteiger partial charge in [0, 0.05) is 18.8 Å². The molecule has 2 aromatic rings. The molecule has 0 aliphatic rings. The van der Waals surface area contributed by atoms with Crippen LogP contribution in [0.3, 0.4) is 0 Å². The number of nitrogens with one attached hydrogen (secondary N) is 1. The van der Waals surface area contributed by atoms with Crippen LogP contribution in [-0.4, -0.2) is 24.7 Å². The Kier molecular flexibility index (Phi) is 3.35. The van der Waals surface area contributed by atoms with E-state index in [-0.39, 0.29) is 4.90 Å². The van der Waals surface area contributed by atoms with Gasteiger partial charge >= 0.3 is 0 Å². The highest BCUT2D eigenvalue weighted by atomic mass is 32.2. The molecule has 2 rings (SSSR count). The van der Waals surface area contributed by atoms with Gasteiger partial charge in [0.1, 0.15) is 5.82 Å². The molecule has 7 heteroatoms. The standard InChI is InChI=1S/C11H14N4O2S/c1-2-13-18(16,17)10-5-3-9(4-6-10)15-8-7-11(12)14-15/h3-8,13H,2H2,1H3,(H2,12,14). The number of nitrogen functional groups attached to an aromatic ring is 1. The average Bonchev–Trinajstić information content (AvgIpc) is 2.76. The first-order valence-corrected chi connectivity index (χ1v) is 6.92. The second kappa shape index (κ2) is 4.79. The molecule has 0 unspecified atom stereocenters. The largest absolute Gasteiger partial charge is 0.382 e. The van der Waals surface area contributed by atoms with Gasteiger partial charge in [0.25, 0.3) is 0 Å². The molecule has 0 bridgehead atoms. The van der Waals surface area contributed by atoms with Crippen LogP contribution >= 0.6 is 0 Å².